The number of nitrogens with two attached hydrogens (primary N) is 2. The molecule has 2 heterocycles. The van der Waals surface area contributed by atoms with Gasteiger partial charge in [-0.3, -0.25) is 15.6 Å². The largest absolute Gasteiger partial charge is 0.365 e. The van der Waals surface area contributed by atoms with Crippen LogP contribution in [0.4, 0.5) is 17.5 Å². The Bertz CT molecular complexity index is 867. The standard InChI is InChI=1S/C20H28N8O/c21-15-6-1-2-7-17(15)26-20-23-11-14(18(22)29)19(27-20)25-13-5-3-4-12(10-13)16-8-9-24-28-16/h3-5,10-11,15-17,24,28H,1-2,6-9,21H2,(H2,22,29)(H2,23,25,26,27)/t15-,16?,17+/m0/s1. The van der Waals surface area contributed by atoms with Gasteiger partial charge in [0, 0.05) is 36.6 Å². The molecular formula is C20H28N8O. The highest BCUT2D eigenvalue weighted by Gasteiger charge is 2.23. The summed E-state index contributed by atoms with van der Waals surface area (Å²) in [6.45, 7) is 0.929. The molecule has 3 atom stereocenters. The predicted molar refractivity (Wildman–Crippen MR) is 113 cm³/mol. The molecule has 1 aromatic heterocycles. The third-order valence-corrected chi connectivity index (χ3v) is 5.57. The molecule has 2 fully saturated rings. The minimum Gasteiger partial charge on any atom is -0.365 e. The first-order valence-corrected chi connectivity index (χ1v) is 10.1. The fourth-order valence-corrected chi connectivity index (χ4v) is 3.94. The summed E-state index contributed by atoms with van der Waals surface area (Å²) in [5.74, 6) is 0.248. The first-order chi connectivity index (χ1) is 14.1. The molecule has 9 nitrogen and oxygen atoms in total. The van der Waals surface area contributed by atoms with Gasteiger partial charge < -0.3 is 22.1 Å². The quantitative estimate of drug-likeness (QED) is 0.432. The van der Waals surface area contributed by atoms with Crippen molar-refractivity contribution in [3.8, 4) is 0 Å². The molecule has 0 bridgehead atoms. The summed E-state index contributed by atoms with van der Waals surface area (Å²) in [4.78, 5) is 20.7. The van der Waals surface area contributed by atoms with E-state index in [-0.39, 0.29) is 23.7 Å². The number of amides is 1. The number of hydrogen-bond acceptors (Lipinski definition) is 8. The van der Waals surface area contributed by atoms with E-state index >= 15 is 0 Å². The summed E-state index contributed by atoms with van der Waals surface area (Å²) < 4.78 is 0. The van der Waals surface area contributed by atoms with Crippen molar-refractivity contribution in [2.45, 2.75) is 50.2 Å². The predicted octanol–water partition coefficient (Wildman–Crippen LogP) is 1.54. The van der Waals surface area contributed by atoms with E-state index in [1.165, 1.54) is 6.20 Å². The minimum absolute atomic E-state index is 0.0729. The second-order valence-corrected chi connectivity index (χ2v) is 7.68. The molecule has 1 aliphatic heterocycles. The van der Waals surface area contributed by atoms with Gasteiger partial charge in [0.15, 0.2) is 0 Å². The van der Waals surface area contributed by atoms with Crippen LogP contribution in [0.25, 0.3) is 0 Å². The lowest BCUT2D eigenvalue weighted by molar-refractivity contribution is 0.100. The average Bonchev–Trinajstić information content (AvgIpc) is 3.25. The van der Waals surface area contributed by atoms with Crippen LogP contribution in [0.5, 0.6) is 0 Å². The molecule has 1 amide bonds. The van der Waals surface area contributed by atoms with E-state index in [1.807, 2.05) is 18.2 Å². The first kappa shape index (κ1) is 19.6. The van der Waals surface area contributed by atoms with Gasteiger partial charge in [-0.25, -0.2) is 4.98 Å². The molecule has 4 rings (SSSR count). The van der Waals surface area contributed by atoms with Crippen molar-refractivity contribution in [3.05, 3.63) is 41.6 Å². The highest BCUT2D eigenvalue weighted by molar-refractivity contribution is 5.98. The number of anilines is 3. The van der Waals surface area contributed by atoms with Crippen LogP contribution < -0.4 is 33.0 Å². The number of carbonyl (C=O) groups is 1. The molecule has 1 aliphatic carbocycles. The van der Waals surface area contributed by atoms with E-state index in [2.05, 4.69) is 37.5 Å². The molecule has 2 aliphatic rings. The Labute approximate surface area is 170 Å². The van der Waals surface area contributed by atoms with Crippen molar-refractivity contribution in [3.63, 3.8) is 0 Å². The summed E-state index contributed by atoms with van der Waals surface area (Å²) in [5, 5.41) is 6.56. The van der Waals surface area contributed by atoms with Crippen molar-refractivity contribution < 1.29 is 4.79 Å². The van der Waals surface area contributed by atoms with Gasteiger partial charge in [-0.1, -0.05) is 25.0 Å². The Morgan fingerprint density at radius 2 is 2.07 bits per heavy atom. The van der Waals surface area contributed by atoms with E-state index in [1.54, 1.807) is 0 Å². The number of aromatic nitrogens is 2. The Hall–Kier alpha value is -2.75. The summed E-state index contributed by atoms with van der Waals surface area (Å²) in [5.41, 5.74) is 20.4. The van der Waals surface area contributed by atoms with Gasteiger partial charge in [0.1, 0.15) is 11.4 Å². The van der Waals surface area contributed by atoms with Crippen molar-refractivity contribution in [1.29, 1.82) is 0 Å². The third-order valence-electron chi connectivity index (χ3n) is 5.57. The summed E-state index contributed by atoms with van der Waals surface area (Å²) in [7, 11) is 0. The maximum atomic E-state index is 11.9. The smallest absolute Gasteiger partial charge is 0.254 e. The van der Waals surface area contributed by atoms with Crippen molar-refractivity contribution in [1.82, 2.24) is 20.8 Å². The second kappa shape index (κ2) is 8.73. The summed E-state index contributed by atoms with van der Waals surface area (Å²) in [6.07, 6.45) is 6.72. The van der Waals surface area contributed by atoms with E-state index in [9.17, 15) is 4.79 Å². The van der Waals surface area contributed by atoms with Gasteiger partial charge in [0.2, 0.25) is 5.95 Å². The van der Waals surface area contributed by atoms with Gasteiger partial charge in [0.05, 0.1) is 0 Å². The molecule has 1 unspecified atom stereocenters. The third kappa shape index (κ3) is 4.64. The normalized spacial score (nSPS) is 24.2. The lowest BCUT2D eigenvalue weighted by atomic mass is 9.91. The van der Waals surface area contributed by atoms with E-state index in [4.69, 9.17) is 11.5 Å². The van der Waals surface area contributed by atoms with Crippen LogP contribution in [0, 0.1) is 0 Å². The Kier molecular flexibility index (Phi) is 5.89. The van der Waals surface area contributed by atoms with Crippen molar-refractivity contribution in [2.75, 3.05) is 17.2 Å². The molecule has 9 heteroatoms. The van der Waals surface area contributed by atoms with E-state index < -0.39 is 5.91 Å². The molecule has 8 N–H and O–H groups in total. The maximum absolute atomic E-state index is 11.9. The molecule has 1 saturated carbocycles. The van der Waals surface area contributed by atoms with Crippen LogP contribution >= 0.6 is 0 Å². The molecule has 2 aromatic rings. The van der Waals surface area contributed by atoms with Crippen LogP contribution in [0.3, 0.4) is 0 Å². The number of primary amides is 1. The molecule has 1 aromatic carbocycles. The molecule has 1 saturated heterocycles. The lowest BCUT2D eigenvalue weighted by Gasteiger charge is -2.29. The number of hydrazine groups is 1. The van der Waals surface area contributed by atoms with Gasteiger partial charge in [0.25, 0.3) is 5.91 Å². The molecular weight excluding hydrogens is 368 g/mol. The summed E-state index contributed by atoms with van der Waals surface area (Å²) >= 11 is 0. The number of rotatable bonds is 6. The molecule has 154 valence electrons. The molecule has 0 spiro atoms. The van der Waals surface area contributed by atoms with Crippen LogP contribution in [0.2, 0.25) is 0 Å². The Morgan fingerprint density at radius 3 is 2.83 bits per heavy atom. The van der Waals surface area contributed by atoms with Gasteiger partial charge in [-0.05, 0) is 37.0 Å². The van der Waals surface area contributed by atoms with Gasteiger partial charge in [-0.15, -0.1) is 0 Å². The van der Waals surface area contributed by atoms with Gasteiger partial charge in [-0.2, -0.15) is 4.98 Å². The van der Waals surface area contributed by atoms with Crippen LogP contribution in [0.1, 0.15) is 54.1 Å². The fourth-order valence-electron chi connectivity index (χ4n) is 3.94. The number of benzene rings is 1. The highest BCUT2D eigenvalue weighted by atomic mass is 16.1. The fraction of sp³-hybridized carbons (Fsp3) is 0.450. The summed E-state index contributed by atoms with van der Waals surface area (Å²) in [6, 6.07) is 8.47. The first-order valence-electron chi connectivity index (χ1n) is 10.1. The van der Waals surface area contributed by atoms with Crippen LogP contribution in [-0.2, 0) is 0 Å². The number of carbonyl (C=O) groups excluding carboxylic acids is 1. The van der Waals surface area contributed by atoms with Crippen molar-refractivity contribution in [2.24, 2.45) is 11.5 Å². The topological polar surface area (TPSA) is 143 Å². The zero-order valence-electron chi connectivity index (χ0n) is 16.3. The van der Waals surface area contributed by atoms with Crippen LogP contribution in [-0.4, -0.2) is 34.5 Å². The monoisotopic (exact) mass is 396 g/mol. The molecule has 29 heavy (non-hydrogen) atoms. The second-order valence-electron chi connectivity index (χ2n) is 7.68. The van der Waals surface area contributed by atoms with Crippen LogP contribution in [0.15, 0.2) is 30.5 Å². The van der Waals surface area contributed by atoms with Crippen molar-refractivity contribution >= 4 is 23.4 Å². The number of nitrogens with one attached hydrogen (secondary N) is 4. The maximum Gasteiger partial charge on any atom is 0.254 e. The van der Waals surface area contributed by atoms with E-state index in [0.717, 1.165) is 49.9 Å². The number of nitrogens with zero attached hydrogens (tertiary/aromatic N) is 2. The number of hydrogen-bond donors (Lipinski definition) is 6. The van der Waals surface area contributed by atoms with E-state index in [0.29, 0.717) is 11.8 Å². The zero-order valence-corrected chi connectivity index (χ0v) is 16.3. The molecule has 0 radical (unpaired) electrons. The Balaban J connectivity index is 1.56. The SMILES string of the molecule is NC(=O)c1cnc(N[C@@H]2CCCC[C@@H]2N)nc1Nc1cccc(C2CCNN2)c1. The highest BCUT2D eigenvalue weighted by Crippen LogP contribution is 2.26. The lowest BCUT2D eigenvalue weighted by Crippen LogP contribution is -2.43. The average molecular weight is 396 g/mol. The minimum atomic E-state index is -0.578. The zero-order chi connectivity index (χ0) is 20.2. The Morgan fingerprint density at radius 1 is 1.21 bits per heavy atom. The van der Waals surface area contributed by atoms with Gasteiger partial charge >= 0.3 is 0 Å².